The summed E-state index contributed by atoms with van der Waals surface area (Å²) < 4.78 is 60.8. The van der Waals surface area contributed by atoms with Gasteiger partial charge in [-0.15, -0.1) is 0 Å². The number of nitrogens with one attached hydrogen (secondary N) is 1. The second-order valence-corrected chi connectivity index (χ2v) is 2.91. The van der Waals surface area contributed by atoms with Crippen molar-refractivity contribution >= 4 is 0 Å². The van der Waals surface area contributed by atoms with E-state index in [9.17, 15) is 26.7 Å². The van der Waals surface area contributed by atoms with Crippen LogP contribution >= 0.6 is 0 Å². The molecule has 0 unspecified atom stereocenters. The average Bonchev–Trinajstić information content (AvgIpc) is 2.06. The summed E-state index contributed by atoms with van der Waals surface area (Å²) in [6, 6.07) is 0.417. The summed E-state index contributed by atoms with van der Waals surface area (Å²) in [5, 5.41) is 0. The minimum absolute atomic E-state index is 0.295. The predicted molar refractivity (Wildman–Crippen MR) is 41.8 cm³/mol. The molecule has 1 aromatic heterocycles. The molecule has 0 amide bonds. The minimum Gasteiger partial charge on any atom is -0.320 e. The van der Waals surface area contributed by atoms with E-state index >= 15 is 0 Å². The first kappa shape index (κ1) is 11.7. The van der Waals surface area contributed by atoms with Crippen LogP contribution in [0.1, 0.15) is 23.2 Å². The first-order valence-corrected chi connectivity index (χ1v) is 3.82. The number of pyridine rings is 1. The van der Waals surface area contributed by atoms with Crippen LogP contribution in [0, 0.1) is 6.92 Å². The standard InChI is InChI=1S/C8H6F5NO/c1-3-2-4(8(11,12)13)7(15)14-5(3)6(9)10/h2,6H,1H3,(H,14,15). The summed E-state index contributed by atoms with van der Waals surface area (Å²) in [6.07, 6.45) is -7.83. The van der Waals surface area contributed by atoms with Crippen LogP contribution in [0.2, 0.25) is 0 Å². The van der Waals surface area contributed by atoms with Gasteiger partial charge in [0, 0.05) is 0 Å². The minimum atomic E-state index is -4.83. The zero-order valence-corrected chi connectivity index (χ0v) is 7.45. The maximum atomic E-state index is 12.2. The fourth-order valence-corrected chi connectivity index (χ4v) is 1.09. The highest BCUT2D eigenvalue weighted by atomic mass is 19.4. The van der Waals surface area contributed by atoms with Crippen LogP contribution in [-0.2, 0) is 6.18 Å². The molecule has 84 valence electrons. The number of alkyl halides is 5. The van der Waals surface area contributed by atoms with E-state index in [1.54, 1.807) is 0 Å². The molecule has 0 saturated carbocycles. The van der Waals surface area contributed by atoms with Gasteiger partial charge in [0.2, 0.25) is 0 Å². The molecule has 2 nitrogen and oxygen atoms in total. The van der Waals surface area contributed by atoms with Gasteiger partial charge in [0.15, 0.2) is 0 Å². The molecule has 0 saturated heterocycles. The predicted octanol–water partition coefficient (Wildman–Crippen LogP) is 2.64. The number of rotatable bonds is 1. The molecule has 0 atom stereocenters. The quantitative estimate of drug-likeness (QED) is 0.735. The van der Waals surface area contributed by atoms with E-state index in [-0.39, 0.29) is 5.56 Å². The van der Waals surface area contributed by atoms with Gasteiger partial charge in [-0.1, -0.05) is 0 Å². The van der Waals surface area contributed by atoms with Crippen molar-refractivity contribution in [3.63, 3.8) is 0 Å². The van der Waals surface area contributed by atoms with Crippen molar-refractivity contribution in [2.24, 2.45) is 0 Å². The Labute approximate surface area is 80.7 Å². The molecule has 0 aliphatic rings. The number of aryl methyl sites for hydroxylation is 1. The molecule has 0 bridgehead atoms. The van der Waals surface area contributed by atoms with Crippen molar-refractivity contribution in [1.82, 2.24) is 4.98 Å². The van der Waals surface area contributed by atoms with Crippen LogP contribution < -0.4 is 5.56 Å². The first-order valence-electron chi connectivity index (χ1n) is 3.82. The molecule has 1 heterocycles. The number of halogens is 5. The number of aromatic nitrogens is 1. The second kappa shape index (κ2) is 3.63. The zero-order valence-electron chi connectivity index (χ0n) is 7.45. The Bertz CT molecular complexity index is 420. The molecule has 1 aromatic rings. The van der Waals surface area contributed by atoms with Crippen molar-refractivity contribution in [3.8, 4) is 0 Å². The lowest BCUT2D eigenvalue weighted by Crippen LogP contribution is -2.23. The van der Waals surface area contributed by atoms with Gasteiger partial charge in [0.25, 0.3) is 12.0 Å². The van der Waals surface area contributed by atoms with Crippen molar-refractivity contribution in [1.29, 1.82) is 0 Å². The lowest BCUT2D eigenvalue weighted by atomic mass is 10.1. The molecule has 0 spiro atoms. The molecule has 0 radical (unpaired) electrons. The average molecular weight is 227 g/mol. The van der Waals surface area contributed by atoms with E-state index < -0.39 is 29.4 Å². The summed E-state index contributed by atoms with van der Waals surface area (Å²) in [6.45, 7) is 1.08. The van der Waals surface area contributed by atoms with Gasteiger partial charge in [-0.3, -0.25) is 4.79 Å². The van der Waals surface area contributed by atoms with Gasteiger partial charge in [-0.2, -0.15) is 13.2 Å². The fraction of sp³-hybridized carbons (Fsp3) is 0.375. The van der Waals surface area contributed by atoms with E-state index in [2.05, 4.69) is 0 Å². The number of hydrogen-bond donors (Lipinski definition) is 1. The highest BCUT2D eigenvalue weighted by Crippen LogP contribution is 2.28. The van der Waals surface area contributed by atoms with Crippen LogP contribution in [0.25, 0.3) is 0 Å². The van der Waals surface area contributed by atoms with Gasteiger partial charge in [0.05, 0.1) is 5.69 Å². The third-order valence-corrected chi connectivity index (χ3v) is 1.80. The monoisotopic (exact) mass is 227 g/mol. The second-order valence-electron chi connectivity index (χ2n) is 2.91. The van der Waals surface area contributed by atoms with E-state index in [1.165, 1.54) is 4.98 Å². The molecule has 1 N–H and O–H groups in total. The van der Waals surface area contributed by atoms with E-state index in [0.717, 1.165) is 6.92 Å². The SMILES string of the molecule is Cc1cc(C(F)(F)F)c(=O)[nH]c1C(F)F. The first-order chi connectivity index (χ1) is 6.73. The van der Waals surface area contributed by atoms with Crippen molar-refractivity contribution < 1.29 is 22.0 Å². The molecular weight excluding hydrogens is 221 g/mol. The van der Waals surface area contributed by atoms with E-state index in [0.29, 0.717) is 6.07 Å². The largest absolute Gasteiger partial charge is 0.421 e. The maximum Gasteiger partial charge on any atom is 0.421 e. The number of hydrogen-bond acceptors (Lipinski definition) is 1. The third kappa shape index (κ3) is 2.34. The van der Waals surface area contributed by atoms with Gasteiger partial charge < -0.3 is 4.98 Å². The zero-order chi connectivity index (χ0) is 11.8. The normalized spacial score (nSPS) is 12.2. The van der Waals surface area contributed by atoms with Crippen LogP contribution in [0.3, 0.4) is 0 Å². The summed E-state index contributed by atoms with van der Waals surface area (Å²) in [7, 11) is 0. The maximum absolute atomic E-state index is 12.2. The van der Waals surface area contributed by atoms with Gasteiger partial charge in [-0.25, -0.2) is 8.78 Å². The van der Waals surface area contributed by atoms with Crippen LogP contribution in [0.15, 0.2) is 10.9 Å². The van der Waals surface area contributed by atoms with Crippen LogP contribution in [-0.4, -0.2) is 4.98 Å². The van der Waals surface area contributed by atoms with Crippen LogP contribution in [0.5, 0.6) is 0 Å². The molecule has 0 aliphatic carbocycles. The summed E-state index contributed by atoms with van der Waals surface area (Å²) in [4.78, 5) is 12.4. The Kier molecular flexibility index (Phi) is 2.83. The number of aromatic amines is 1. The highest BCUT2D eigenvalue weighted by Gasteiger charge is 2.34. The highest BCUT2D eigenvalue weighted by molar-refractivity contribution is 5.26. The Morgan fingerprint density at radius 1 is 1.33 bits per heavy atom. The Morgan fingerprint density at radius 3 is 2.27 bits per heavy atom. The lowest BCUT2D eigenvalue weighted by molar-refractivity contribution is -0.138. The van der Waals surface area contributed by atoms with Crippen molar-refractivity contribution in [2.75, 3.05) is 0 Å². The molecule has 1 rings (SSSR count). The Hall–Kier alpha value is -1.40. The summed E-state index contributed by atoms with van der Waals surface area (Å²) in [5.74, 6) is 0. The summed E-state index contributed by atoms with van der Waals surface area (Å²) >= 11 is 0. The molecule has 0 aromatic carbocycles. The third-order valence-electron chi connectivity index (χ3n) is 1.80. The topological polar surface area (TPSA) is 32.9 Å². The molecule has 0 aliphatic heterocycles. The van der Waals surface area contributed by atoms with E-state index in [1.807, 2.05) is 0 Å². The summed E-state index contributed by atoms with van der Waals surface area (Å²) in [5.41, 5.74) is -4.10. The van der Waals surface area contributed by atoms with E-state index in [4.69, 9.17) is 0 Å². The van der Waals surface area contributed by atoms with Crippen molar-refractivity contribution in [2.45, 2.75) is 19.5 Å². The smallest absolute Gasteiger partial charge is 0.320 e. The Morgan fingerprint density at radius 2 is 1.87 bits per heavy atom. The fourth-order valence-electron chi connectivity index (χ4n) is 1.09. The van der Waals surface area contributed by atoms with Gasteiger partial charge in [-0.05, 0) is 18.6 Å². The molecule has 15 heavy (non-hydrogen) atoms. The molecular formula is C8H6F5NO. The number of H-pyrrole nitrogens is 1. The Balaban J connectivity index is 3.39. The molecule has 7 heteroatoms. The van der Waals surface area contributed by atoms with Gasteiger partial charge >= 0.3 is 6.18 Å². The molecule has 0 fully saturated rings. The van der Waals surface area contributed by atoms with Crippen LogP contribution in [0.4, 0.5) is 22.0 Å². The van der Waals surface area contributed by atoms with Gasteiger partial charge in [0.1, 0.15) is 5.56 Å². The lowest BCUT2D eigenvalue weighted by Gasteiger charge is -2.09. The van der Waals surface area contributed by atoms with Crippen molar-refractivity contribution in [3.05, 3.63) is 33.2 Å².